The molecule has 0 unspecified atom stereocenters. The van der Waals surface area contributed by atoms with Crippen molar-refractivity contribution in [1.82, 2.24) is 4.90 Å². The number of fused-ring (bicyclic) bond motifs is 1. The second kappa shape index (κ2) is 7.45. The maximum atomic E-state index is 12.8. The third-order valence-corrected chi connectivity index (χ3v) is 5.52. The molecule has 0 bridgehead atoms. The van der Waals surface area contributed by atoms with E-state index in [-0.39, 0.29) is 17.1 Å². The molecule has 1 saturated heterocycles. The van der Waals surface area contributed by atoms with E-state index in [2.05, 4.69) is 4.99 Å². The molecular weight excluding hydrogens is 372 g/mol. The first-order valence-electron chi connectivity index (χ1n) is 8.51. The van der Waals surface area contributed by atoms with Crippen LogP contribution in [0, 0.1) is 5.92 Å². The highest BCUT2D eigenvalue weighted by Crippen LogP contribution is 2.43. The average molecular weight is 393 g/mol. The van der Waals surface area contributed by atoms with Gasteiger partial charge in [-0.25, -0.2) is 9.79 Å². The maximum absolute atomic E-state index is 12.8. The van der Waals surface area contributed by atoms with Crippen LogP contribution < -0.4 is 0 Å². The number of thioether (sulfide) groups is 1. The van der Waals surface area contributed by atoms with E-state index >= 15 is 0 Å². The van der Waals surface area contributed by atoms with E-state index in [9.17, 15) is 9.59 Å². The SMILES string of the molecule is CC1=C(C(=O)OCC(C)C)[C@H](c2ccc(Cl)cc2)N2C(=O)[C@@H](C)SC2=N1. The fourth-order valence-corrected chi connectivity index (χ4v) is 4.10. The molecule has 0 aromatic heterocycles. The lowest BCUT2D eigenvalue weighted by atomic mass is 9.94. The molecule has 7 heteroatoms. The second-order valence-corrected chi connectivity index (χ2v) is 8.55. The van der Waals surface area contributed by atoms with Crippen molar-refractivity contribution in [3.8, 4) is 0 Å². The van der Waals surface area contributed by atoms with Gasteiger partial charge in [-0.05, 0) is 37.5 Å². The first-order valence-corrected chi connectivity index (χ1v) is 9.77. The van der Waals surface area contributed by atoms with Gasteiger partial charge in [-0.3, -0.25) is 9.69 Å². The summed E-state index contributed by atoms with van der Waals surface area (Å²) in [5.74, 6) is -0.271. The Balaban J connectivity index is 2.06. The number of aliphatic imine (C=N–C) groups is 1. The zero-order chi connectivity index (χ0) is 19.0. The third kappa shape index (κ3) is 3.53. The highest BCUT2D eigenvalue weighted by Gasteiger charge is 2.46. The van der Waals surface area contributed by atoms with Crippen molar-refractivity contribution < 1.29 is 14.3 Å². The lowest BCUT2D eigenvalue weighted by Crippen LogP contribution is -2.40. The second-order valence-electron chi connectivity index (χ2n) is 6.81. The summed E-state index contributed by atoms with van der Waals surface area (Å²) in [5, 5.41) is 0.987. The molecule has 2 heterocycles. The van der Waals surface area contributed by atoms with Gasteiger partial charge < -0.3 is 4.74 Å². The number of benzene rings is 1. The van der Waals surface area contributed by atoms with Gasteiger partial charge in [-0.2, -0.15) is 0 Å². The number of amides is 1. The molecule has 3 rings (SSSR count). The minimum absolute atomic E-state index is 0.0599. The van der Waals surface area contributed by atoms with Gasteiger partial charge in [0.2, 0.25) is 5.91 Å². The van der Waals surface area contributed by atoms with Crippen LogP contribution in [0.25, 0.3) is 0 Å². The standard InChI is InChI=1S/C19H21ClN2O3S/c1-10(2)9-25-18(24)15-11(3)21-19-22(17(23)12(4)26-19)16(15)13-5-7-14(20)8-6-13/h5-8,10,12,16H,9H2,1-4H3/t12-,16+/m1/s1. The number of allylic oxidation sites excluding steroid dienone is 1. The van der Waals surface area contributed by atoms with Crippen molar-refractivity contribution in [2.24, 2.45) is 10.9 Å². The molecule has 0 aliphatic carbocycles. The van der Waals surface area contributed by atoms with Crippen molar-refractivity contribution in [3.63, 3.8) is 0 Å². The molecule has 1 aromatic rings. The lowest BCUT2D eigenvalue weighted by molar-refractivity contribution is -0.141. The van der Waals surface area contributed by atoms with Crippen LogP contribution >= 0.6 is 23.4 Å². The van der Waals surface area contributed by atoms with E-state index in [1.807, 2.05) is 32.9 Å². The van der Waals surface area contributed by atoms with Crippen LogP contribution in [0.1, 0.15) is 39.3 Å². The average Bonchev–Trinajstić information content (AvgIpc) is 2.86. The molecule has 138 valence electrons. The third-order valence-electron chi connectivity index (χ3n) is 4.21. The van der Waals surface area contributed by atoms with Gasteiger partial charge in [0.05, 0.1) is 29.2 Å². The predicted octanol–water partition coefficient (Wildman–Crippen LogP) is 4.19. The van der Waals surface area contributed by atoms with E-state index in [1.165, 1.54) is 11.8 Å². The summed E-state index contributed by atoms with van der Waals surface area (Å²) in [7, 11) is 0. The first-order chi connectivity index (χ1) is 12.3. The number of ether oxygens (including phenoxy) is 1. The van der Waals surface area contributed by atoms with Gasteiger partial charge >= 0.3 is 5.97 Å². The number of rotatable bonds is 4. The van der Waals surface area contributed by atoms with Crippen LogP contribution in [0.15, 0.2) is 40.5 Å². The quantitative estimate of drug-likeness (QED) is 0.721. The number of nitrogens with zero attached hydrogens (tertiary/aromatic N) is 2. The molecule has 0 radical (unpaired) electrons. The largest absolute Gasteiger partial charge is 0.462 e. The van der Waals surface area contributed by atoms with Gasteiger partial charge in [0.1, 0.15) is 0 Å². The van der Waals surface area contributed by atoms with Gasteiger partial charge in [-0.15, -0.1) is 0 Å². The van der Waals surface area contributed by atoms with Crippen LogP contribution in [0.5, 0.6) is 0 Å². The van der Waals surface area contributed by atoms with Crippen molar-refractivity contribution in [2.45, 2.75) is 39.0 Å². The molecule has 1 fully saturated rings. The minimum atomic E-state index is -0.552. The lowest BCUT2D eigenvalue weighted by Gasteiger charge is -2.33. The Bertz CT molecular complexity index is 802. The predicted molar refractivity (Wildman–Crippen MR) is 104 cm³/mol. The van der Waals surface area contributed by atoms with Gasteiger partial charge in [0.25, 0.3) is 0 Å². The van der Waals surface area contributed by atoms with Gasteiger partial charge in [0.15, 0.2) is 5.17 Å². The van der Waals surface area contributed by atoms with E-state index in [4.69, 9.17) is 16.3 Å². The minimum Gasteiger partial charge on any atom is -0.462 e. The number of halogens is 1. The van der Waals surface area contributed by atoms with E-state index in [1.54, 1.807) is 24.0 Å². The zero-order valence-corrected chi connectivity index (χ0v) is 16.7. The molecule has 2 aliphatic heterocycles. The number of carbonyl (C=O) groups excluding carboxylic acids is 2. The number of hydrogen-bond donors (Lipinski definition) is 0. The Kier molecular flexibility index (Phi) is 5.44. The van der Waals surface area contributed by atoms with Crippen molar-refractivity contribution in [2.75, 3.05) is 6.61 Å². The Morgan fingerprint density at radius 2 is 2.00 bits per heavy atom. The summed E-state index contributed by atoms with van der Waals surface area (Å²) in [4.78, 5) is 31.7. The van der Waals surface area contributed by atoms with Crippen LogP contribution in [0.2, 0.25) is 5.02 Å². The van der Waals surface area contributed by atoms with E-state index < -0.39 is 12.0 Å². The molecule has 5 nitrogen and oxygen atoms in total. The fraction of sp³-hybridized carbons (Fsp3) is 0.421. The molecule has 1 amide bonds. The Labute approximate surface area is 162 Å². The number of amidine groups is 1. The molecule has 26 heavy (non-hydrogen) atoms. The Morgan fingerprint density at radius 3 is 2.62 bits per heavy atom. The molecule has 2 aliphatic rings. The highest BCUT2D eigenvalue weighted by atomic mass is 35.5. The highest BCUT2D eigenvalue weighted by molar-refractivity contribution is 8.15. The number of hydrogen-bond acceptors (Lipinski definition) is 5. The summed E-state index contributed by atoms with van der Waals surface area (Å²) in [6, 6.07) is 6.63. The van der Waals surface area contributed by atoms with Crippen LogP contribution in [0.3, 0.4) is 0 Å². The molecule has 0 spiro atoms. The summed E-state index contributed by atoms with van der Waals surface area (Å²) < 4.78 is 5.46. The fourth-order valence-electron chi connectivity index (χ4n) is 2.94. The summed E-state index contributed by atoms with van der Waals surface area (Å²) in [5.41, 5.74) is 1.79. The maximum Gasteiger partial charge on any atom is 0.338 e. The van der Waals surface area contributed by atoms with Crippen molar-refractivity contribution in [1.29, 1.82) is 0 Å². The number of carbonyl (C=O) groups is 2. The number of esters is 1. The molecule has 1 aromatic carbocycles. The van der Waals surface area contributed by atoms with Crippen molar-refractivity contribution >= 4 is 40.4 Å². The van der Waals surface area contributed by atoms with Gasteiger partial charge in [-0.1, -0.05) is 49.3 Å². The van der Waals surface area contributed by atoms with Crippen LogP contribution in [0.4, 0.5) is 0 Å². The smallest absolute Gasteiger partial charge is 0.338 e. The van der Waals surface area contributed by atoms with Crippen LogP contribution in [-0.4, -0.2) is 33.8 Å². The molecule has 2 atom stereocenters. The molecule has 0 N–H and O–H groups in total. The van der Waals surface area contributed by atoms with E-state index in [0.29, 0.717) is 28.1 Å². The monoisotopic (exact) mass is 392 g/mol. The zero-order valence-electron chi connectivity index (χ0n) is 15.2. The Hall–Kier alpha value is -1.79. The summed E-state index contributed by atoms with van der Waals surface area (Å²) in [6.45, 7) is 7.90. The van der Waals surface area contributed by atoms with Gasteiger partial charge in [0, 0.05) is 5.02 Å². The summed E-state index contributed by atoms with van der Waals surface area (Å²) in [6.07, 6.45) is 0. The van der Waals surface area contributed by atoms with Crippen molar-refractivity contribution in [3.05, 3.63) is 46.1 Å². The first kappa shape index (κ1) is 19.0. The summed E-state index contributed by atoms with van der Waals surface area (Å²) >= 11 is 7.42. The molecule has 0 saturated carbocycles. The normalized spacial score (nSPS) is 22.6. The Morgan fingerprint density at radius 1 is 1.35 bits per heavy atom. The van der Waals surface area contributed by atoms with Crippen LogP contribution in [-0.2, 0) is 14.3 Å². The topological polar surface area (TPSA) is 59.0 Å². The van der Waals surface area contributed by atoms with E-state index in [0.717, 1.165) is 5.56 Å². The molecular formula is C19H21ClN2O3S.